The molecule has 108 valence electrons. The quantitative estimate of drug-likeness (QED) is 0.865. The Morgan fingerprint density at radius 2 is 2.19 bits per heavy atom. The summed E-state index contributed by atoms with van der Waals surface area (Å²) in [7, 11) is 3.78. The number of rotatable bonds is 3. The Kier molecular flexibility index (Phi) is 3.63. The summed E-state index contributed by atoms with van der Waals surface area (Å²) in [6.07, 6.45) is 0.926. The molecule has 0 amide bonds. The van der Waals surface area contributed by atoms with E-state index < -0.39 is 0 Å². The SMILES string of the molecule is COc1ccccc1-c1nn(CC#N)c2c1CN(C)CC2. The maximum atomic E-state index is 9.01. The molecule has 1 aromatic heterocycles. The zero-order valence-corrected chi connectivity index (χ0v) is 12.3. The van der Waals surface area contributed by atoms with Crippen LogP contribution in [0.15, 0.2) is 24.3 Å². The molecule has 0 N–H and O–H groups in total. The fourth-order valence-electron chi connectivity index (χ4n) is 2.88. The van der Waals surface area contributed by atoms with Gasteiger partial charge in [-0.2, -0.15) is 10.4 Å². The van der Waals surface area contributed by atoms with Gasteiger partial charge in [-0.1, -0.05) is 12.1 Å². The number of likely N-dealkylation sites (N-methyl/N-ethyl adjacent to an activating group) is 1. The van der Waals surface area contributed by atoms with Gasteiger partial charge in [0.15, 0.2) is 0 Å². The molecule has 2 heterocycles. The number of fused-ring (bicyclic) bond motifs is 1. The van der Waals surface area contributed by atoms with Crippen molar-refractivity contribution in [2.45, 2.75) is 19.5 Å². The first kappa shape index (κ1) is 13.7. The molecule has 3 rings (SSSR count). The van der Waals surface area contributed by atoms with E-state index >= 15 is 0 Å². The van der Waals surface area contributed by atoms with Crippen LogP contribution in [0.1, 0.15) is 11.3 Å². The zero-order chi connectivity index (χ0) is 14.8. The van der Waals surface area contributed by atoms with Gasteiger partial charge in [-0.05, 0) is 19.2 Å². The van der Waals surface area contributed by atoms with Crippen molar-refractivity contribution in [1.82, 2.24) is 14.7 Å². The zero-order valence-electron chi connectivity index (χ0n) is 12.3. The Morgan fingerprint density at radius 1 is 1.38 bits per heavy atom. The summed E-state index contributed by atoms with van der Waals surface area (Å²) in [6.45, 7) is 2.14. The number of hydrogen-bond acceptors (Lipinski definition) is 4. The highest BCUT2D eigenvalue weighted by atomic mass is 16.5. The van der Waals surface area contributed by atoms with Crippen molar-refractivity contribution in [3.05, 3.63) is 35.5 Å². The molecule has 0 saturated carbocycles. The molecule has 1 aromatic carbocycles. The lowest BCUT2D eigenvalue weighted by Gasteiger charge is -2.23. The molecule has 0 aliphatic carbocycles. The molecule has 0 saturated heterocycles. The Hall–Kier alpha value is -2.32. The van der Waals surface area contributed by atoms with Crippen molar-refractivity contribution in [1.29, 1.82) is 5.26 Å². The normalized spacial score (nSPS) is 14.5. The Labute approximate surface area is 124 Å². The first-order chi connectivity index (χ1) is 10.2. The molecular formula is C16H18N4O. The van der Waals surface area contributed by atoms with E-state index in [2.05, 4.69) is 23.1 Å². The lowest BCUT2D eigenvalue weighted by Crippen LogP contribution is -2.27. The van der Waals surface area contributed by atoms with Gasteiger partial charge in [0.05, 0.1) is 13.2 Å². The van der Waals surface area contributed by atoms with E-state index in [0.717, 1.165) is 36.5 Å². The second-order valence-corrected chi connectivity index (χ2v) is 5.28. The highest BCUT2D eigenvalue weighted by Crippen LogP contribution is 2.34. The number of nitriles is 1. The summed E-state index contributed by atoms with van der Waals surface area (Å²) in [6, 6.07) is 10.1. The first-order valence-electron chi connectivity index (χ1n) is 7.02. The van der Waals surface area contributed by atoms with E-state index in [1.165, 1.54) is 11.3 Å². The number of aromatic nitrogens is 2. The van der Waals surface area contributed by atoms with Crippen LogP contribution in [0.25, 0.3) is 11.3 Å². The number of hydrogen-bond donors (Lipinski definition) is 0. The summed E-state index contributed by atoms with van der Waals surface area (Å²) in [5, 5.41) is 13.7. The standard InChI is InChI=1S/C16H18N4O/c1-19-9-7-14-13(11-19)16(18-20(14)10-8-17)12-5-3-4-6-15(12)21-2/h3-6H,7,9-11H2,1-2H3. The van der Waals surface area contributed by atoms with Gasteiger partial charge in [-0.15, -0.1) is 0 Å². The predicted octanol–water partition coefficient (Wildman–Crippen LogP) is 2.07. The van der Waals surface area contributed by atoms with Gasteiger partial charge in [0, 0.05) is 36.3 Å². The third kappa shape index (κ3) is 2.39. The van der Waals surface area contributed by atoms with Crippen LogP contribution in [-0.4, -0.2) is 35.4 Å². The van der Waals surface area contributed by atoms with Crippen LogP contribution in [0.4, 0.5) is 0 Å². The van der Waals surface area contributed by atoms with Crippen molar-refractivity contribution in [3.63, 3.8) is 0 Å². The van der Waals surface area contributed by atoms with Gasteiger partial charge in [0.1, 0.15) is 18.0 Å². The van der Waals surface area contributed by atoms with E-state index in [4.69, 9.17) is 10.00 Å². The highest BCUT2D eigenvalue weighted by molar-refractivity contribution is 5.71. The maximum Gasteiger partial charge on any atom is 0.128 e. The van der Waals surface area contributed by atoms with Crippen LogP contribution in [0.2, 0.25) is 0 Å². The topological polar surface area (TPSA) is 54.1 Å². The molecule has 1 aliphatic rings. The lowest BCUT2D eigenvalue weighted by atomic mass is 10.0. The minimum atomic E-state index is 0.293. The van der Waals surface area contributed by atoms with Crippen LogP contribution in [0.5, 0.6) is 5.75 Å². The van der Waals surface area contributed by atoms with Crippen molar-refractivity contribution in [2.24, 2.45) is 0 Å². The number of ether oxygens (including phenoxy) is 1. The number of para-hydroxylation sites is 1. The average Bonchev–Trinajstić information content (AvgIpc) is 2.85. The van der Waals surface area contributed by atoms with E-state index in [0.29, 0.717) is 6.54 Å². The van der Waals surface area contributed by atoms with Crippen LogP contribution >= 0.6 is 0 Å². The van der Waals surface area contributed by atoms with Crippen molar-refractivity contribution in [2.75, 3.05) is 20.7 Å². The van der Waals surface area contributed by atoms with Crippen LogP contribution in [0, 0.1) is 11.3 Å². The maximum absolute atomic E-state index is 9.01. The summed E-state index contributed by atoms with van der Waals surface area (Å²) < 4.78 is 7.30. The van der Waals surface area contributed by atoms with Crippen molar-refractivity contribution < 1.29 is 4.74 Å². The van der Waals surface area contributed by atoms with Gasteiger partial charge in [0.2, 0.25) is 0 Å². The van der Waals surface area contributed by atoms with E-state index in [-0.39, 0.29) is 0 Å². The van der Waals surface area contributed by atoms with Gasteiger partial charge in [-0.3, -0.25) is 4.68 Å². The molecule has 0 fully saturated rings. The number of benzene rings is 1. The van der Waals surface area contributed by atoms with Crippen LogP contribution < -0.4 is 4.74 Å². The molecule has 0 unspecified atom stereocenters. The summed E-state index contributed by atoms with van der Waals surface area (Å²) in [5.41, 5.74) is 4.31. The monoisotopic (exact) mass is 282 g/mol. The van der Waals surface area contributed by atoms with Gasteiger partial charge in [0.25, 0.3) is 0 Å². The Bertz CT molecular complexity index is 699. The summed E-state index contributed by atoms with van der Waals surface area (Å²) in [5.74, 6) is 0.815. The lowest BCUT2D eigenvalue weighted by molar-refractivity contribution is 0.308. The molecule has 0 atom stereocenters. The van der Waals surface area contributed by atoms with Crippen molar-refractivity contribution in [3.8, 4) is 23.1 Å². The second kappa shape index (κ2) is 5.58. The third-order valence-corrected chi connectivity index (χ3v) is 3.91. The first-order valence-corrected chi connectivity index (χ1v) is 7.02. The number of nitrogens with zero attached hydrogens (tertiary/aromatic N) is 4. The van der Waals surface area contributed by atoms with Gasteiger partial charge < -0.3 is 9.64 Å². The minimum absolute atomic E-state index is 0.293. The molecule has 0 spiro atoms. The molecule has 21 heavy (non-hydrogen) atoms. The smallest absolute Gasteiger partial charge is 0.128 e. The molecule has 5 heteroatoms. The fraction of sp³-hybridized carbons (Fsp3) is 0.375. The fourth-order valence-corrected chi connectivity index (χ4v) is 2.88. The Morgan fingerprint density at radius 3 is 2.95 bits per heavy atom. The van der Waals surface area contributed by atoms with Crippen molar-refractivity contribution >= 4 is 0 Å². The molecule has 2 aromatic rings. The minimum Gasteiger partial charge on any atom is -0.496 e. The van der Waals surface area contributed by atoms with E-state index in [9.17, 15) is 0 Å². The molecule has 0 bridgehead atoms. The molecular weight excluding hydrogens is 264 g/mol. The predicted molar refractivity (Wildman–Crippen MR) is 79.9 cm³/mol. The summed E-state index contributed by atoms with van der Waals surface area (Å²) >= 11 is 0. The largest absolute Gasteiger partial charge is 0.496 e. The molecule has 1 aliphatic heterocycles. The second-order valence-electron chi connectivity index (χ2n) is 5.28. The number of methoxy groups -OCH3 is 1. The molecule has 5 nitrogen and oxygen atoms in total. The van der Waals surface area contributed by atoms with E-state index in [1.54, 1.807) is 7.11 Å². The van der Waals surface area contributed by atoms with E-state index in [1.807, 2.05) is 28.9 Å². The highest BCUT2D eigenvalue weighted by Gasteiger charge is 2.25. The molecule has 0 radical (unpaired) electrons. The summed E-state index contributed by atoms with van der Waals surface area (Å²) in [4.78, 5) is 2.28. The van der Waals surface area contributed by atoms with Crippen LogP contribution in [0.3, 0.4) is 0 Å². The van der Waals surface area contributed by atoms with Gasteiger partial charge in [-0.25, -0.2) is 0 Å². The Balaban J connectivity index is 2.16. The van der Waals surface area contributed by atoms with Gasteiger partial charge >= 0.3 is 0 Å². The average molecular weight is 282 g/mol. The van der Waals surface area contributed by atoms with Crippen LogP contribution in [-0.2, 0) is 19.5 Å². The third-order valence-electron chi connectivity index (χ3n) is 3.91.